The number of anilines is 2. The Morgan fingerprint density at radius 1 is 0.903 bits per heavy atom. The molecule has 7 nitrogen and oxygen atoms in total. The molecule has 0 spiro atoms. The van der Waals surface area contributed by atoms with E-state index in [1.807, 2.05) is 45.0 Å². The zero-order valence-electron chi connectivity index (χ0n) is 17.9. The maximum Gasteiger partial charge on any atom is 0.335 e. The summed E-state index contributed by atoms with van der Waals surface area (Å²) in [5, 5.41) is 2.29. The van der Waals surface area contributed by atoms with E-state index in [1.165, 1.54) is 0 Å². The fourth-order valence-electron chi connectivity index (χ4n) is 3.97. The van der Waals surface area contributed by atoms with Gasteiger partial charge in [0.15, 0.2) is 0 Å². The van der Waals surface area contributed by atoms with Crippen LogP contribution in [0.25, 0.3) is 6.08 Å². The molecule has 2 saturated heterocycles. The van der Waals surface area contributed by atoms with E-state index < -0.39 is 17.8 Å². The summed E-state index contributed by atoms with van der Waals surface area (Å²) in [4.78, 5) is 41.4. The first kappa shape index (κ1) is 20.8. The molecule has 1 N–H and O–H groups in total. The Hall–Kier alpha value is -3.45. The van der Waals surface area contributed by atoms with Crippen molar-refractivity contribution < 1.29 is 19.1 Å². The molecule has 160 valence electrons. The number of barbiturate groups is 1. The van der Waals surface area contributed by atoms with E-state index in [-0.39, 0.29) is 5.57 Å². The first-order valence-electron chi connectivity index (χ1n) is 10.3. The number of nitrogens with zero attached hydrogens (tertiary/aromatic N) is 2. The van der Waals surface area contributed by atoms with Crippen molar-refractivity contribution in [2.24, 2.45) is 0 Å². The highest BCUT2D eigenvalue weighted by atomic mass is 16.5. The molecule has 4 rings (SSSR count). The summed E-state index contributed by atoms with van der Waals surface area (Å²) >= 11 is 0. The largest absolute Gasteiger partial charge is 0.378 e. The van der Waals surface area contributed by atoms with Crippen LogP contribution >= 0.6 is 0 Å². The van der Waals surface area contributed by atoms with Crippen molar-refractivity contribution in [2.45, 2.75) is 20.8 Å². The van der Waals surface area contributed by atoms with E-state index in [9.17, 15) is 14.4 Å². The van der Waals surface area contributed by atoms with Gasteiger partial charge in [-0.3, -0.25) is 14.9 Å². The third kappa shape index (κ3) is 4.22. The molecule has 7 heteroatoms. The monoisotopic (exact) mass is 419 g/mol. The Morgan fingerprint density at radius 2 is 1.58 bits per heavy atom. The minimum Gasteiger partial charge on any atom is -0.378 e. The van der Waals surface area contributed by atoms with E-state index in [0.29, 0.717) is 18.9 Å². The molecule has 0 saturated carbocycles. The highest BCUT2D eigenvalue weighted by Crippen LogP contribution is 2.26. The number of ether oxygens (including phenoxy) is 1. The van der Waals surface area contributed by atoms with Crippen LogP contribution in [-0.4, -0.2) is 44.1 Å². The second-order valence-electron chi connectivity index (χ2n) is 7.94. The fourth-order valence-corrected chi connectivity index (χ4v) is 3.97. The van der Waals surface area contributed by atoms with Crippen LogP contribution in [0.5, 0.6) is 0 Å². The number of urea groups is 1. The Bertz CT molecular complexity index is 1080. The average molecular weight is 419 g/mol. The molecule has 2 aromatic rings. The summed E-state index contributed by atoms with van der Waals surface area (Å²) in [6, 6.07) is 10.6. The van der Waals surface area contributed by atoms with Crippen molar-refractivity contribution >= 4 is 35.3 Å². The van der Waals surface area contributed by atoms with Crippen LogP contribution in [0.2, 0.25) is 0 Å². The molecular weight excluding hydrogens is 394 g/mol. The third-order valence-electron chi connectivity index (χ3n) is 5.50. The quantitative estimate of drug-likeness (QED) is 0.611. The van der Waals surface area contributed by atoms with Crippen molar-refractivity contribution in [2.75, 3.05) is 36.1 Å². The number of morpholine rings is 1. The van der Waals surface area contributed by atoms with Gasteiger partial charge in [0.25, 0.3) is 11.8 Å². The molecule has 0 atom stereocenters. The predicted octanol–water partition coefficient (Wildman–Crippen LogP) is 3.11. The Kier molecular flexibility index (Phi) is 5.61. The number of benzene rings is 2. The highest BCUT2D eigenvalue weighted by Gasteiger charge is 2.37. The van der Waals surface area contributed by atoms with Gasteiger partial charge < -0.3 is 9.64 Å². The number of rotatable bonds is 3. The van der Waals surface area contributed by atoms with Crippen molar-refractivity contribution in [1.82, 2.24) is 5.32 Å². The second-order valence-corrected chi connectivity index (χ2v) is 7.94. The van der Waals surface area contributed by atoms with Gasteiger partial charge in [-0.25, -0.2) is 9.69 Å². The lowest BCUT2D eigenvalue weighted by atomic mass is 10.0. The van der Waals surface area contributed by atoms with E-state index in [1.54, 1.807) is 18.2 Å². The number of carbonyl (C=O) groups excluding carboxylic acids is 3. The van der Waals surface area contributed by atoms with Gasteiger partial charge in [-0.2, -0.15) is 0 Å². The van der Waals surface area contributed by atoms with E-state index in [0.717, 1.165) is 45.9 Å². The molecule has 31 heavy (non-hydrogen) atoms. The van der Waals surface area contributed by atoms with Gasteiger partial charge in [0.2, 0.25) is 0 Å². The molecule has 0 aliphatic carbocycles. The van der Waals surface area contributed by atoms with E-state index >= 15 is 0 Å². The van der Waals surface area contributed by atoms with Crippen LogP contribution in [0.4, 0.5) is 16.2 Å². The molecule has 4 amide bonds. The lowest BCUT2D eigenvalue weighted by Gasteiger charge is -2.29. The van der Waals surface area contributed by atoms with Crippen molar-refractivity contribution in [1.29, 1.82) is 0 Å². The van der Waals surface area contributed by atoms with E-state index in [2.05, 4.69) is 10.2 Å². The number of amides is 4. The Labute approximate surface area is 181 Å². The molecule has 0 radical (unpaired) electrons. The minimum absolute atomic E-state index is 0.0685. The zero-order valence-corrected chi connectivity index (χ0v) is 17.9. The topological polar surface area (TPSA) is 79.0 Å². The third-order valence-corrected chi connectivity index (χ3v) is 5.50. The minimum atomic E-state index is -0.739. The summed E-state index contributed by atoms with van der Waals surface area (Å²) in [7, 11) is 0. The molecule has 2 aliphatic rings. The number of imide groups is 2. The molecule has 2 aromatic carbocycles. The first-order valence-corrected chi connectivity index (χ1v) is 10.3. The summed E-state index contributed by atoms with van der Waals surface area (Å²) in [5.41, 5.74) is 4.99. The van der Waals surface area contributed by atoms with Crippen molar-refractivity contribution in [3.05, 3.63) is 64.2 Å². The maximum atomic E-state index is 13.2. The summed E-state index contributed by atoms with van der Waals surface area (Å²) in [5.74, 6) is -1.32. The smallest absolute Gasteiger partial charge is 0.335 e. The number of aryl methyl sites for hydroxylation is 3. The van der Waals surface area contributed by atoms with Crippen LogP contribution in [0.1, 0.15) is 22.3 Å². The number of hydrogen-bond acceptors (Lipinski definition) is 5. The number of carbonyl (C=O) groups is 3. The Morgan fingerprint density at radius 3 is 2.23 bits per heavy atom. The lowest BCUT2D eigenvalue weighted by molar-refractivity contribution is -0.122. The highest BCUT2D eigenvalue weighted by molar-refractivity contribution is 6.39. The second kappa shape index (κ2) is 8.35. The van der Waals surface area contributed by atoms with Crippen molar-refractivity contribution in [3.8, 4) is 0 Å². The Balaban J connectivity index is 1.67. The number of hydrogen-bond donors (Lipinski definition) is 1. The van der Waals surface area contributed by atoms with Crippen LogP contribution in [0.15, 0.2) is 42.0 Å². The normalized spacial score (nSPS) is 18.5. The van der Waals surface area contributed by atoms with Gasteiger partial charge >= 0.3 is 6.03 Å². The van der Waals surface area contributed by atoms with Crippen LogP contribution < -0.4 is 15.1 Å². The molecule has 0 bridgehead atoms. The van der Waals surface area contributed by atoms with Gasteiger partial charge in [-0.15, -0.1) is 0 Å². The molecule has 0 unspecified atom stereocenters. The first-order chi connectivity index (χ1) is 14.8. The predicted molar refractivity (Wildman–Crippen MR) is 119 cm³/mol. The zero-order chi connectivity index (χ0) is 22.1. The van der Waals surface area contributed by atoms with Crippen LogP contribution in [-0.2, 0) is 14.3 Å². The molecule has 2 heterocycles. The van der Waals surface area contributed by atoms with Gasteiger partial charge in [0.1, 0.15) is 5.57 Å². The van der Waals surface area contributed by atoms with Crippen LogP contribution in [0.3, 0.4) is 0 Å². The van der Waals surface area contributed by atoms with Gasteiger partial charge in [0, 0.05) is 18.8 Å². The lowest BCUT2D eigenvalue weighted by Crippen LogP contribution is -2.54. The molecule has 2 aliphatic heterocycles. The summed E-state index contributed by atoms with van der Waals surface area (Å²) in [6.45, 7) is 8.77. The average Bonchev–Trinajstić information content (AvgIpc) is 2.72. The number of nitrogens with one attached hydrogen (secondary N) is 1. The SMILES string of the molecule is Cc1cc(C)cc(N2C(=O)NC(=O)/C(=C\c3ccc(N4CCOCC4)cc3C)C2=O)c1. The summed E-state index contributed by atoms with van der Waals surface area (Å²) < 4.78 is 5.40. The van der Waals surface area contributed by atoms with Gasteiger partial charge in [-0.1, -0.05) is 12.1 Å². The standard InChI is InChI=1S/C24H25N3O4/c1-15-10-16(2)12-20(11-15)27-23(29)21(22(28)25-24(27)30)14-18-4-5-19(13-17(18)3)26-6-8-31-9-7-26/h4-5,10-14H,6-9H2,1-3H3,(H,25,28,30)/b21-14+. The van der Waals surface area contributed by atoms with Gasteiger partial charge in [-0.05, 0) is 73.4 Å². The fraction of sp³-hybridized carbons (Fsp3) is 0.292. The van der Waals surface area contributed by atoms with Gasteiger partial charge in [0.05, 0.1) is 18.9 Å². The maximum absolute atomic E-state index is 13.2. The molecular formula is C24H25N3O4. The van der Waals surface area contributed by atoms with Crippen LogP contribution in [0, 0.1) is 20.8 Å². The summed E-state index contributed by atoms with van der Waals surface area (Å²) in [6.07, 6.45) is 1.55. The molecule has 0 aromatic heterocycles. The van der Waals surface area contributed by atoms with E-state index in [4.69, 9.17) is 4.74 Å². The molecule has 2 fully saturated rings. The van der Waals surface area contributed by atoms with Crippen molar-refractivity contribution in [3.63, 3.8) is 0 Å².